The molecule has 1 heteroatoms. The minimum Gasteiger partial charge on any atom is -0.253 e. The molecule has 0 saturated heterocycles. The lowest BCUT2D eigenvalue weighted by Crippen LogP contribution is -2.13. The molecule has 1 radical (unpaired) electrons. The van der Waals surface area contributed by atoms with Gasteiger partial charge in [-0.25, -0.2) is 0 Å². The molecule has 0 atom stereocenters. The number of rotatable bonds is 5. The van der Waals surface area contributed by atoms with Crippen LogP contribution in [0.25, 0.3) is 0 Å². The third-order valence-electron chi connectivity index (χ3n) is 4.47. The molecule has 0 bridgehead atoms. The Labute approximate surface area is 112 Å². The normalized spacial score (nSPS) is 24.1. The van der Waals surface area contributed by atoms with Crippen molar-refractivity contribution >= 4 is 0 Å². The minimum absolute atomic E-state index is 0.407. The summed E-state index contributed by atoms with van der Waals surface area (Å²) in [7, 11) is 0. The lowest BCUT2D eigenvalue weighted by Gasteiger charge is -2.28. The molecule has 1 N–H and O–H groups in total. The van der Waals surface area contributed by atoms with Gasteiger partial charge in [0.25, 0.3) is 0 Å². The second-order valence-electron chi connectivity index (χ2n) is 5.78. The van der Waals surface area contributed by atoms with Gasteiger partial charge in [0.2, 0.25) is 0 Å². The summed E-state index contributed by atoms with van der Waals surface area (Å²) in [6.07, 6.45) is 9.78. The van der Waals surface area contributed by atoms with Gasteiger partial charge >= 0.3 is 0 Å². The summed E-state index contributed by atoms with van der Waals surface area (Å²) in [5.74, 6) is 1.77. The Morgan fingerprint density at radius 3 is 2.28 bits per heavy atom. The molecule has 0 aromatic heterocycles. The van der Waals surface area contributed by atoms with E-state index in [1.54, 1.807) is 0 Å². The van der Waals surface area contributed by atoms with Crippen LogP contribution in [0.1, 0.15) is 68.9 Å². The molecule has 0 spiro atoms. The first kappa shape index (κ1) is 13.6. The number of nitrogens with one attached hydrogen (secondary N) is 1. The fourth-order valence-corrected chi connectivity index (χ4v) is 3.18. The maximum absolute atomic E-state index is 7.35. The van der Waals surface area contributed by atoms with Crippen LogP contribution >= 0.6 is 0 Å². The first-order valence-corrected chi connectivity index (χ1v) is 7.57. The molecule has 0 heterocycles. The average Bonchev–Trinajstić information content (AvgIpc) is 2.46. The van der Waals surface area contributed by atoms with Crippen molar-refractivity contribution in [2.45, 2.75) is 64.3 Å². The lowest BCUT2D eigenvalue weighted by atomic mass is 9.77. The Hall–Kier alpha value is -0.820. The number of benzene rings is 1. The van der Waals surface area contributed by atoms with Gasteiger partial charge in [-0.15, -0.1) is 0 Å². The van der Waals surface area contributed by atoms with E-state index >= 15 is 0 Å². The van der Waals surface area contributed by atoms with Crippen LogP contribution < -0.4 is 5.73 Å². The third kappa shape index (κ3) is 3.58. The van der Waals surface area contributed by atoms with Crippen LogP contribution in [-0.2, 0) is 6.54 Å². The van der Waals surface area contributed by atoms with Gasteiger partial charge in [-0.05, 0) is 48.6 Å². The standard InChI is InChI=1S/C17H26N/c1-2-3-4-14-5-9-16(10-6-14)17-11-7-15(13-18)8-12-17/h7-8,11-12,14,16,18H,2-6,9-10,13H2,1H3. The van der Waals surface area contributed by atoms with Crippen molar-refractivity contribution in [2.24, 2.45) is 5.92 Å². The van der Waals surface area contributed by atoms with E-state index in [9.17, 15) is 0 Å². The van der Waals surface area contributed by atoms with Gasteiger partial charge in [0.15, 0.2) is 0 Å². The van der Waals surface area contributed by atoms with E-state index in [0.717, 1.165) is 17.4 Å². The Kier molecular flexibility index (Phi) is 5.25. The second kappa shape index (κ2) is 6.94. The van der Waals surface area contributed by atoms with Crippen molar-refractivity contribution in [1.29, 1.82) is 0 Å². The average molecular weight is 244 g/mol. The molecule has 99 valence electrons. The van der Waals surface area contributed by atoms with Crippen molar-refractivity contribution < 1.29 is 0 Å². The fourth-order valence-electron chi connectivity index (χ4n) is 3.18. The summed E-state index contributed by atoms with van der Waals surface area (Å²) in [5.41, 5.74) is 9.99. The highest BCUT2D eigenvalue weighted by Gasteiger charge is 2.21. The molecule has 2 rings (SSSR count). The molecule has 0 unspecified atom stereocenters. The molecule has 1 saturated carbocycles. The largest absolute Gasteiger partial charge is 0.253 e. The van der Waals surface area contributed by atoms with Crippen molar-refractivity contribution in [3.8, 4) is 0 Å². The van der Waals surface area contributed by atoms with Crippen LogP contribution in [0.3, 0.4) is 0 Å². The number of hydrogen-bond donors (Lipinski definition) is 0. The van der Waals surface area contributed by atoms with Crippen molar-refractivity contribution in [3.63, 3.8) is 0 Å². The van der Waals surface area contributed by atoms with Gasteiger partial charge in [-0.1, -0.05) is 50.5 Å². The van der Waals surface area contributed by atoms with E-state index in [2.05, 4.69) is 31.2 Å². The molecular formula is C17H26N. The highest BCUT2D eigenvalue weighted by molar-refractivity contribution is 5.25. The monoisotopic (exact) mass is 244 g/mol. The molecule has 1 aliphatic rings. The lowest BCUT2D eigenvalue weighted by molar-refractivity contribution is 0.304. The van der Waals surface area contributed by atoms with Crippen LogP contribution in [0.4, 0.5) is 0 Å². The van der Waals surface area contributed by atoms with Crippen LogP contribution in [0, 0.1) is 5.92 Å². The maximum atomic E-state index is 7.35. The molecule has 0 amide bonds. The quantitative estimate of drug-likeness (QED) is 0.701. The van der Waals surface area contributed by atoms with E-state index in [1.165, 1.54) is 50.5 Å². The van der Waals surface area contributed by atoms with Crippen LogP contribution in [0.2, 0.25) is 0 Å². The number of unbranched alkanes of at least 4 members (excludes halogenated alkanes) is 1. The molecule has 1 nitrogen and oxygen atoms in total. The molecule has 1 fully saturated rings. The van der Waals surface area contributed by atoms with Crippen molar-refractivity contribution in [2.75, 3.05) is 0 Å². The Bertz CT molecular complexity index is 333. The van der Waals surface area contributed by atoms with Crippen molar-refractivity contribution in [3.05, 3.63) is 35.4 Å². The van der Waals surface area contributed by atoms with E-state index in [-0.39, 0.29) is 0 Å². The summed E-state index contributed by atoms with van der Waals surface area (Å²) in [5, 5.41) is 0. The highest BCUT2D eigenvalue weighted by atomic mass is 14.5. The van der Waals surface area contributed by atoms with Crippen LogP contribution in [0.5, 0.6) is 0 Å². The van der Waals surface area contributed by atoms with Gasteiger partial charge in [0, 0.05) is 6.54 Å². The summed E-state index contributed by atoms with van der Waals surface area (Å²) in [6, 6.07) is 8.76. The second-order valence-corrected chi connectivity index (χ2v) is 5.78. The summed E-state index contributed by atoms with van der Waals surface area (Å²) in [6.45, 7) is 2.70. The van der Waals surface area contributed by atoms with E-state index in [0.29, 0.717) is 6.54 Å². The topological polar surface area (TPSA) is 23.8 Å². The van der Waals surface area contributed by atoms with Crippen molar-refractivity contribution in [1.82, 2.24) is 5.73 Å². The maximum Gasteiger partial charge on any atom is 0.0351 e. The zero-order valence-corrected chi connectivity index (χ0v) is 11.6. The predicted molar refractivity (Wildman–Crippen MR) is 77.5 cm³/mol. The van der Waals surface area contributed by atoms with E-state index in [4.69, 9.17) is 5.73 Å². The van der Waals surface area contributed by atoms with Crippen LogP contribution in [0.15, 0.2) is 24.3 Å². The van der Waals surface area contributed by atoms with Crippen LogP contribution in [-0.4, -0.2) is 0 Å². The Morgan fingerprint density at radius 1 is 1.06 bits per heavy atom. The molecule has 1 aliphatic carbocycles. The Morgan fingerprint density at radius 2 is 1.72 bits per heavy atom. The van der Waals surface area contributed by atoms with Gasteiger partial charge in [0.1, 0.15) is 0 Å². The van der Waals surface area contributed by atoms with Gasteiger partial charge in [-0.3, -0.25) is 5.73 Å². The van der Waals surface area contributed by atoms with Gasteiger partial charge in [0.05, 0.1) is 0 Å². The molecule has 1 aromatic carbocycles. The predicted octanol–water partition coefficient (Wildman–Crippen LogP) is 4.93. The fraction of sp³-hybridized carbons (Fsp3) is 0.647. The van der Waals surface area contributed by atoms with E-state index in [1.807, 2.05) is 0 Å². The summed E-state index contributed by atoms with van der Waals surface area (Å²) in [4.78, 5) is 0. The molecule has 1 aromatic rings. The third-order valence-corrected chi connectivity index (χ3v) is 4.47. The Balaban J connectivity index is 1.84. The zero-order chi connectivity index (χ0) is 12.8. The van der Waals surface area contributed by atoms with E-state index < -0.39 is 0 Å². The zero-order valence-electron chi connectivity index (χ0n) is 11.6. The molecule has 18 heavy (non-hydrogen) atoms. The van der Waals surface area contributed by atoms with Gasteiger partial charge < -0.3 is 0 Å². The first-order chi connectivity index (χ1) is 8.83. The molecular weight excluding hydrogens is 218 g/mol. The summed E-state index contributed by atoms with van der Waals surface area (Å²) >= 11 is 0. The minimum atomic E-state index is 0.407. The van der Waals surface area contributed by atoms with Gasteiger partial charge in [-0.2, -0.15) is 0 Å². The SMILES string of the molecule is CCCCC1CCC(c2ccc(C[NH])cc2)CC1. The smallest absolute Gasteiger partial charge is 0.0351 e. The summed E-state index contributed by atoms with van der Waals surface area (Å²) < 4.78 is 0. The number of hydrogen-bond acceptors (Lipinski definition) is 0. The molecule has 0 aliphatic heterocycles. The first-order valence-electron chi connectivity index (χ1n) is 7.57. The highest BCUT2D eigenvalue weighted by Crippen LogP contribution is 2.37.